The number of halogens is 1. The largest absolute Gasteiger partial charge is 0.481 e. The number of rotatable bonds is 10. The molecular weight excluding hydrogens is 429 g/mol. The highest BCUT2D eigenvalue weighted by atomic mass is 32.2. The van der Waals surface area contributed by atoms with E-state index in [4.69, 9.17) is 9.66 Å². The van der Waals surface area contributed by atoms with Gasteiger partial charge in [-0.05, 0) is 30.2 Å². The molecule has 0 bridgehead atoms. The van der Waals surface area contributed by atoms with Crippen molar-refractivity contribution in [1.29, 1.82) is 0 Å². The Kier molecular flexibility index (Phi) is 8.75. The third kappa shape index (κ3) is 7.47. The van der Waals surface area contributed by atoms with Crippen LogP contribution in [0.3, 0.4) is 0 Å². The lowest BCUT2D eigenvalue weighted by atomic mass is 9.97. The molecule has 9 nitrogen and oxygen atoms in total. The van der Waals surface area contributed by atoms with Crippen LogP contribution in [-0.4, -0.2) is 52.2 Å². The highest BCUT2D eigenvalue weighted by Gasteiger charge is 2.19. The average Bonchev–Trinajstić information content (AvgIpc) is 2.65. The van der Waals surface area contributed by atoms with Crippen molar-refractivity contribution in [3.8, 4) is 11.3 Å². The Morgan fingerprint density at radius 1 is 1.23 bits per heavy atom. The normalized spacial score (nSPS) is 14.5. The molecule has 2 aromatic rings. The average molecular weight is 453 g/mol. The SMILES string of the molecule is CC(C)c1nc(NS(=O)O)nc(-c2ccc(F)cc2)c1/C=C/[C@@H](O)C[C@@H](O)CC(=O)O. The van der Waals surface area contributed by atoms with Gasteiger partial charge in [0.25, 0.3) is 11.3 Å². The van der Waals surface area contributed by atoms with Gasteiger partial charge in [0, 0.05) is 17.5 Å². The van der Waals surface area contributed by atoms with Crippen molar-refractivity contribution in [2.24, 2.45) is 0 Å². The summed E-state index contributed by atoms with van der Waals surface area (Å²) in [5, 5.41) is 28.6. The summed E-state index contributed by atoms with van der Waals surface area (Å²) in [6.45, 7) is 3.70. The first-order valence-electron chi connectivity index (χ1n) is 9.38. The van der Waals surface area contributed by atoms with Crippen LogP contribution < -0.4 is 4.72 Å². The molecule has 0 spiro atoms. The number of hydrogen-bond acceptors (Lipinski definition) is 6. The first-order valence-corrected chi connectivity index (χ1v) is 10.5. The van der Waals surface area contributed by atoms with Crippen LogP contribution in [0.4, 0.5) is 10.3 Å². The third-order valence-corrected chi connectivity index (χ3v) is 4.58. The van der Waals surface area contributed by atoms with Crippen LogP contribution in [0.5, 0.6) is 0 Å². The number of aliphatic hydroxyl groups excluding tert-OH is 2. The van der Waals surface area contributed by atoms with Gasteiger partial charge in [0.1, 0.15) is 5.82 Å². The van der Waals surface area contributed by atoms with Gasteiger partial charge in [0.2, 0.25) is 5.95 Å². The Morgan fingerprint density at radius 2 is 1.87 bits per heavy atom. The lowest BCUT2D eigenvalue weighted by molar-refractivity contribution is -0.139. The number of nitrogens with zero attached hydrogens (tertiary/aromatic N) is 2. The maximum Gasteiger partial charge on any atom is 0.305 e. The van der Waals surface area contributed by atoms with Gasteiger partial charge in [-0.2, -0.15) is 0 Å². The molecule has 0 amide bonds. The number of nitrogens with one attached hydrogen (secondary N) is 1. The molecule has 1 heterocycles. The summed E-state index contributed by atoms with van der Waals surface area (Å²) < 4.78 is 35.9. The Labute approximate surface area is 181 Å². The lowest BCUT2D eigenvalue weighted by Crippen LogP contribution is -2.19. The minimum atomic E-state index is -2.40. The van der Waals surface area contributed by atoms with E-state index in [9.17, 15) is 23.6 Å². The molecule has 0 fully saturated rings. The summed E-state index contributed by atoms with van der Waals surface area (Å²) in [6, 6.07) is 5.47. The van der Waals surface area contributed by atoms with Crippen LogP contribution in [0.25, 0.3) is 17.3 Å². The molecule has 5 N–H and O–H groups in total. The first kappa shape index (κ1) is 24.5. The lowest BCUT2D eigenvalue weighted by Gasteiger charge is -2.16. The molecule has 11 heteroatoms. The minimum absolute atomic E-state index is 0.0987. The zero-order chi connectivity index (χ0) is 23.1. The smallest absolute Gasteiger partial charge is 0.305 e. The van der Waals surface area contributed by atoms with E-state index in [2.05, 4.69) is 14.7 Å². The Bertz CT molecular complexity index is 968. The van der Waals surface area contributed by atoms with E-state index in [1.165, 1.54) is 36.4 Å². The van der Waals surface area contributed by atoms with E-state index >= 15 is 0 Å². The molecular formula is C20H24FN3O6S. The van der Waals surface area contributed by atoms with E-state index < -0.39 is 41.7 Å². The predicted octanol–water partition coefficient (Wildman–Crippen LogP) is 2.55. The Hall–Kier alpha value is -2.73. The van der Waals surface area contributed by atoms with Crippen LogP contribution in [-0.2, 0) is 16.1 Å². The Balaban J connectivity index is 2.50. The van der Waals surface area contributed by atoms with Crippen molar-refractivity contribution >= 4 is 29.3 Å². The fourth-order valence-corrected chi connectivity index (χ4v) is 3.14. The molecule has 0 aliphatic carbocycles. The summed E-state index contributed by atoms with van der Waals surface area (Å²) in [5.41, 5.74) is 1.83. The van der Waals surface area contributed by atoms with Gasteiger partial charge in [0.15, 0.2) is 0 Å². The molecule has 0 aliphatic rings. The van der Waals surface area contributed by atoms with E-state index in [1.54, 1.807) is 0 Å². The maximum atomic E-state index is 13.4. The molecule has 168 valence electrons. The topological polar surface area (TPSA) is 153 Å². The van der Waals surface area contributed by atoms with Gasteiger partial charge >= 0.3 is 5.97 Å². The van der Waals surface area contributed by atoms with Crippen LogP contribution >= 0.6 is 0 Å². The number of anilines is 1. The quantitative estimate of drug-likeness (QED) is 0.344. The second-order valence-corrected chi connectivity index (χ2v) is 7.82. The summed E-state index contributed by atoms with van der Waals surface area (Å²) in [5.74, 6) is -1.87. The van der Waals surface area contributed by atoms with Crippen molar-refractivity contribution < 1.29 is 33.3 Å². The standard InChI is InChI=1S/C20H24FN3O6S/c1-11(2)18-16(8-7-14(25)9-15(26)10-17(27)28)19(12-3-5-13(21)6-4-12)23-20(22-18)24-31(29)30/h3-8,11,14-15,25-26H,9-10H2,1-2H3,(H,27,28)(H,29,30)(H,22,23,24)/b8-7+/t14-,15-/m1/s1. The van der Waals surface area contributed by atoms with E-state index in [0.29, 0.717) is 22.5 Å². The van der Waals surface area contributed by atoms with Crippen molar-refractivity contribution in [2.45, 2.75) is 44.8 Å². The van der Waals surface area contributed by atoms with Crippen molar-refractivity contribution in [2.75, 3.05) is 4.72 Å². The number of aromatic nitrogens is 2. The van der Waals surface area contributed by atoms with E-state index in [-0.39, 0.29) is 18.3 Å². The molecule has 2 rings (SSSR count). The molecule has 0 saturated heterocycles. The molecule has 0 saturated carbocycles. The van der Waals surface area contributed by atoms with Crippen LogP contribution in [0.1, 0.15) is 43.9 Å². The van der Waals surface area contributed by atoms with Gasteiger partial charge in [-0.15, -0.1) is 0 Å². The van der Waals surface area contributed by atoms with Gasteiger partial charge in [-0.3, -0.25) is 14.1 Å². The number of carbonyl (C=O) groups is 1. The van der Waals surface area contributed by atoms with Crippen molar-refractivity contribution in [3.63, 3.8) is 0 Å². The first-order chi connectivity index (χ1) is 14.6. The predicted molar refractivity (Wildman–Crippen MR) is 114 cm³/mol. The third-order valence-electron chi connectivity index (χ3n) is 4.23. The number of hydrogen-bond donors (Lipinski definition) is 5. The Morgan fingerprint density at radius 3 is 2.42 bits per heavy atom. The molecule has 1 aromatic heterocycles. The number of aliphatic carboxylic acids is 1. The summed E-state index contributed by atoms with van der Waals surface area (Å²) in [4.78, 5) is 19.2. The fourth-order valence-electron chi connectivity index (χ4n) is 2.89. The number of benzene rings is 1. The van der Waals surface area contributed by atoms with Crippen LogP contribution in [0.15, 0.2) is 30.3 Å². The maximum absolute atomic E-state index is 13.4. The molecule has 0 radical (unpaired) electrons. The zero-order valence-electron chi connectivity index (χ0n) is 16.9. The monoisotopic (exact) mass is 453 g/mol. The van der Waals surface area contributed by atoms with Gasteiger partial charge in [-0.25, -0.2) is 18.6 Å². The highest BCUT2D eigenvalue weighted by Crippen LogP contribution is 2.30. The summed E-state index contributed by atoms with van der Waals surface area (Å²) in [7, 11) is 0. The number of carboxylic acid groups (broad SMARTS) is 1. The molecule has 1 aromatic carbocycles. The minimum Gasteiger partial charge on any atom is -0.481 e. The van der Waals surface area contributed by atoms with Crippen molar-refractivity contribution in [3.05, 3.63) is 47.4 Å². The number of aliphatic hydroxyl groups is 2. The molecule has 0 aliphatic heterocycles. The number of carboxylic acids is 1. The van der Waals surface area contributed by atoms with Crippen LogP contribution in [0.2, 0.25) is 0 Å². The molecule has 1 unspecified atom stereocenters. The molecule has 31 heavy (non-hydrogen) atoms. The highest BCUT2D eigenvalue weighted by molar-refractivity contribution is 7.80. The second kappa shape index (κ2) is 11.0. The van der Waals surface area contributed by atoms with E-state index in [0.717, 1.165) is 0 Å². The summed E-state index contributed by atoms with van der Waals surface area (Å²) in [6.07, 6.45) is -0.134. The van der Waals surface area contributed by atoms with Crippen LogP contribution in [0, 0.1) is 5.82 Å². The summed E-state index contributed by atoms with van der Waals surface area (Å²) >= 11 is -2.40. The second-order valence-electron chi connectivity index (χ2n) is 7.12. The zero-order valence-corrected chi connectivity index (χ0v) is 17.7. The van der Waals surface area contributed by atoms with Gasteiger partial charge in [-0.1, -0.05) is 26.0 Å². The van der Waals surface area contributed by atoms with Gasteiger partial charge in [0.05, 0.1) is 30.0 Å². The molecule has 3 atom stereocenters. The fraction of sp³-hybridized carbons (Fsp3) is 0.350. The van der Waals surface area contributed by atoms with E-state index in [1.807, 2.05) is 13.8 Å². The van der Waals surface area contributed by atoms with Gasteiger partial charge < -0.3 is 15.3 Å². The van der Waals surface area contributed by atoms with Crippen molar-refractivity contribution in [1.82, 2.24) is 9.97 Å².